The Kier molecular flexibility index (Phi) is 40.7. The lowest BCUT2D eigenvalue weighted by Gasteiger charge is -2.46. The first kappa shape index (κ1) is 67.0. The fourth-order valence-electron chi connectivity index (χ4n) is 8.69. The normalized spacial score (nSPS) is 26.0. The summed E-state index contributed by atoms with van der Waals surface area (Å²) in [5.74, 6) is -0.256. The summed E-state index contributed by atoms with van der Waals surface area (Å²) in [5, 5.41) is 86.0. The van der Waals surface area contributed by atoms with Crippen molar-refractivity contribution in [1.29, 1.82) is 0 Å². The standard InChI is InChI=1S/C60H101NO13/c1-3-5-7-8-9-10-11-12-13-14-15-16-17-18-19-20-21-22-23-24-25-26-27-28-29-30-31-32-33-34-35-36-37-38-39-40-42-44-52(65)61-48(49(64)43-41-6-4-2)47-71-59-57(70)55(68)58(51(46-63)73-59)74-60-56(69)54(67)53(66)50(45-62)72-60/h5,7,9-10,12-13,15-16,18-19,21-22,24-25,41,43,48-51,53-60,62-64,66-70H,3-4,6,8,11,14,17,20,23,26-40,42,44-47H2,1-2H3,(H,61,65)/b7-5-,10-9-,13-12-,16-15-,19-18-,22-21-,25-24-,43-41+. The molecule has 12 atom stereocenters. The number of ether oxygens (including phenoxy) is 4. The first-order chi connectivity index (χ1) is 36.1. The second-order valence-electron chi connectivity index (χ2n) is 19.7. The Morgan fingerprint density at radius 1 is 0.500 bits per heavy atom. The number of unbranched alkanes of at least 4 members (excludes halogenated alkanes) is 16. The molecule has 0 aromatic heterocycles. The molecule has 0 aromatic carbocycles. The first-order valence-corrected chi connectivity index (χ1v) is 28.5. The molecule has 2 heterocycles. The summed E-state index contributed by atoms with van der Waals surface area (Å²) in [7, 11) is 0. The molecule has 2 rings (SSSR count). The molecule has 14 nitrogen and oxygen atoms in total. The molecule has 0 saturated carbocycles. The number of aliphatic hydroxyl groups is 8. The number of hydrogen-bond acceptors (Lipinski definition) is 13. The zero-order valence-corrected chi connectivity index (χ0v) is 45.3. The van der Waals surface area contributed by atoms with Crippen molar-refractivity contribution >= 4 is 5.91 Å². The Balaban J connectivity index is 1.49. The fourth-order valence-corrected chi connectivity index (χ4v) is 8.69. The van der Waals surface area contributed by atoms with Crippen LogP contribution in [-0.2, 0) is 23.7 Å². The van der Waals surface area contributed by atoms with Gasteiger partial charge in [-0.3, -0.25) is 4.79 Å². The van der Waals surface area contributed by atoms with E-state index in [4.69, 9.17) is 18.9 Å². The van der Waals surface area contributed by atoms with Crippen molar-refractivity contribution < 1.29 is 64.6 Å². The molecule has 424 valence electrons. The van der Waals surface area contributed by atoms with E-state index in [-0.39, 0.29) is 18.9 Å². The van der Waals surface area contributed by atoms with Gasteiger partial charge in [0.15, 0.2) is 12.6 Å². The molecule has 12 unspecified atom stereocenters. The van der Waals surface area contributed by atoms with Gasteiger partial charge in [0.2, 0.25) is 5.91 Å². The van der Waals surface area contributed by atoms with Gasteiger partial charge in [0.05, 0.1) is 32.0 Å². The number of amides is 1. The van der Waals surface area contributed by atoms with Crippen molar-refractivity contribution in [2.75, 3.05) is 19.8 Å². The van der Waals surface area contributed by atoms with Gasteiger partial charge in [-0.15, -0.1) is 0 Å². The summed E-state index contributed by atoms with van der Waals surface area (Å²) < 4.78 is 22.5. The third kappa shape index (κ3) is 30.6. The third-order valence-electron chi connectivity index (χ3n) is 13.3. The molecule has 0 aromatic rings. The van der Waals surface area contributed by atoms with Gasteiger partial charge < -0.3 is 65.1 Å². The minimum Gasteiger partial charge on any atom is -0.394 e. The maximum Gasteiger partial charge on any atom is 0.220 e. The molecule has 9 N–H and O–H groups in total. The van der Waals surface area contributed by atoms with E-state index in [1.165, 1.54) is 77.0 Å². The van der Waals surface area contributed by atoms with Crippen molar-refractivity contribution in [1.82, 2.24) is 5.32 Å². The molecule has 2 aliphatic heterocycles. The van der Waals surface area contributed by atoms with Crippen LogP contribution < -0.4 is 5.32 Å². The number of allylic oxidation sites excluding steroid dienone is 15. The van der Waals surface area contributed by atoms with E-state index in [2.05, 4.69) is 97.3 Å². The Labute approximate surface area is 445 Å². The highest BCUT2D eigenvalue weighted by Crippen LogP contribution is 2.30. The molecule has 2 saturated heterocycles. The van der Waals surface area contributed by atoms with E-state index in [0.29, 0.717) is 6.42 Å². The van der Waals surface area contributed by atoms with Crippen molar-refractivity contribution in [2.24, 2.45) is 0 Å². The van der Waals surface area contributed by atoms with Gasteiger partial charge in [-0.25, -0.2) is 0 Å². The van der Waals surface area contributed by atoms with E-state index in [9.17, 15) is 45.6 Å². The summed E-state index contributed by atoms with van der Waals surface area (Å²) in [6, 6.07) is -0.914. The lowest BCUT2D eigenvalue weighted by atomic mass is 9.97. The number of nitrogens with one attached hydrogen (secondary N) is 1. The molecule has 0 spiro atoms. The molecular formula is C60H101NO13. The molecule has 14 heteroatoms. The summed E-state index contributed by atoms with van der Waals surface area (Å²) in [4.78, 5) is 13.0. The molecule has 2 fully saturated rings. The Morgan fingerprint density at radius 2 is 0.932 bits per heavy atom. The van der Waals surface area contributed by atoms with E-state index in [1.807, 2.05) is 6.92 Å². The van der Waals surface area contributed by atoms with E-state index in [0.717, 1.165) is 77.0 Å². The van der Waals surface area contributed by atoms with Crippen LogP contribution in [-0.4, -0.2) is 140 Å². The number of carbonyl (C=O) groups is 1. The van der Waals surface area contributed by atoms with Gasteiger partial charge in [0.25, 0.3) is 0 Å². The minimum atomic E-state index is -1.79. The Hall–Kier alpha value is -3.09. The number of carbonyl (C=O) groups excluding carboxylic acids is 1. The Bertz CT molecular complexity index is 1610. The van der Waals surface area contributed by atoms with Gasteiger partial charge in [0.1, 0.15) is 48.8 Å². The Morgan fingerprint density at radius 3 is 1.41 bits per heavy atom. The zero-order valence-electron chi connectivity index (χ0n) is 45.3. The maximum absolute atomic E-state index is 13.0. The summed E-state index contributed by atoms with van der Waals surface area (Å²) in [6.07, 6.45) is 45.9. The van der Waals surface area contributed by atoms with Gasteiger partial charge in [-0.2, -0.15) is 0 Å². The predicted octanol–water partition coefficient (Wildman–Crippen LogP) is 9.10. The minimum absolute atomic E-state index is 0.256. The molecule has 0 bridgehead atoms. The van der Waals surface area contributed by atoms with Gasteiger partial charge >= 0.3 is 0 Å². The average Bonchev–Trinajstić information content (AvgIpc) is 3.40. The van der Waals surface area contributed by atoms with Crippen LogP contribution in [0, 0.1) is 0 Å². The van der Waals surface area contributed by atoms with Crippen LogP contribution in [0.2, 0.25) is 0 Å². The highest BCUT2D eigenvalue weighted by atomic mass is 16.7. The predicted molar refractivity (Wildman–Crippen MR) is 295 cm³/mol. The average molecular weight is 1040 g/mol. The summed E-state index contributed by atoms with van der Waals surface area (Å²) in [6.45, 7) is 2.43. The van der Waals surface area contributed by atoms with Crippen molar-refractivity contribution in [3.63, 3.8) is 0 Å². The number of rotatable bonds is 43. The molecule has 74 heavy (non-hydrogen) atoms. The monoisotopic (exact) mass is 1040 g/mol. The molecule has 0 radical (unpaired) electrons. The van der Waals surface area contributed by atoms with E-state index < -0.39 is 86.8 Å². The zero-order chi connectivity index (χ0) is 53.9. The maximum atomic E-state index is 13.0. The van der Waals surface area contributed by atoms with Crippen LogP contribution in [0.1, 0.15) is 181 Å². The summed E-state index contributed by atoms with van der Waals surface area (Å²) in [5.41, 5.74) is 0. The highest BCUT2D eigenvalue weighted by molar-refractivity contribution is 5.76. The van der Waals surface area contributed by atoms with Gasteiger partial charge in [-0.05, 0) is 70.6 Å². The molecule has 0 aliphatic carbocycles. The van der Waals surface area contributed by atoms with Crippen LogP contribution >= 0.6 is 0 Å². The SMILES string of the molecule is CC/C=C\C/C=C\C/C=C\C/C=C\C/C=C\C/C=C\C/C=C\CCCCCCCCCCCCCCCCCC(=O)NC(COC1OC(CO)C(OC2OC(CO)C(O)C(O)C2O)C(O)C1O)C(O)/C=C/CCC. The largest absolute Gasteiger partial charge is 0.394 e. The van der Waals surface area contributed by atoms with Gasteiger partial charge in [0, 0.05) is 6.42 Å². The topological polar surface area (TPSA) is 228 Å². The lowest BCUT2D eigenvalue weighted by molar-refractivity contribution is -0.359. The fraction of sp³-hybridized carbons (Fsp3) is 0.717. The van der Waals surface area contributed by atoms with Crippen LogP contribution in [0.3, 0.4) is 0 Å². The van der Waals surface area contributed by atoms with Crippen LogP contribution in [0.5, 0.6) is 0 Å². The van der Waals surface area contributed by atoms with Crippen molar-refractivity contribution in [3.8, 4) is 0 Å². The summed E-state index contributed by atoms with van der Waals surface area (Å²) >= 11 is 0. The van der Waals surface area contributed by atoms with Crippen molar-refractivity contribution in [2.45, 2.75) is 254 Å². The lowest BCUT2D eigenvalue weighted by Crippen LogP contribution is -2.65. The smallest absolute Gasteiger partial charge is 0.220 e. The molecular weight excluding hydrogens is 943 g/mol. The second-order valence-corrected chi connectivity index (χ2v) is 19.7. The number of hydrogen-bond donors (Lipinski definition) is 9. The van der Waals surface area contributed by atoms with Crippen molar-refractivity contribution in [3.05, 3.63) is 97.2 Å². The van der Waals surface area contributed by atoms with Crippen LogP contribution in [0.15, 0.2) is 97.2 Å². The first-order valence-electron chi connectivity index (χ1n) is 28.5. The van der Waals surface area contributed by atoms with Crippen LogP contribution in [0.4, 0.5) is 0 Å². The van der Waals surface area contributed by atoms with Crippen LogP contribution in [0.25, 0.3) is 0 Å². The molecule has 2 aliphatic rings. The molecule has 1 amide bonds. The second kappa shape index (κ2) is 45.0. The third-order valence-corrected chi connectivity index (χ3v) is 13.3. The number of aliphatic hydroxyl groups excluding tert-OH is 8. The van der Waals surface area contributed by atoms with Gasteiger partial charge in [-0.1, -0.05) is 201 Å². The quantitative estimate of drug-likeness (QED) is 0.0205. The highest BCUT2D eigenvalue weighted by Gasteiger charge is 2.51. The van der Waals surface area contributed by atoms with E-state index >= 15 is 0 Å². The van der Waals surface area contributed by atoms with E-state index in [1.54, 1.807) is 12.2 Å².